The molecule has 0 radical (unpaired) electrons. The number of esters is 2. The van der Waals surface area contributed by atoms with E-state index in [1.165, 1.54) is 14.0 Å². The molecule has 0 aliphatic carbocycles. The van der Waals surface area contributed by atoms with Crippen molar-refractivity contribution in [3.63, 3.8) is 0 Å². The summed E-state index contributed by atoms with van der Waals surface area (Å²) in [5.41, 5.74) is 0. The Morgan fingerprint density at radius 1 is 0.385 bits per heavy atom. The summed E-state index contributed by atoms with van der Waals surface area (Å²) in [7, 11) is 1.31. The average molecular weight is 573 g/mol. The van der Waals surface area contributed by atoms with Crippen LogP contribution in [0, 0.1) is 0 Å². The zero-order chi connectivity index (χ0) is 28.5. The number of hydrogen-bond donors (Lipinski definition) is 0. The van der Waals surface area contributed by atoms with Crippen molar-refractivity contribution >= 4 is 11.9 Å². The first-order valence-electron chi connectivity index (χ1n) is 13.1. The molecule has 39 heavy (non-hydrogen) atoms. The Morgan fingerprint density at radius 3 is 0.846 bits per heavy atom. The van der Waals surface area contributed by atoms with Gasteiger partial charge >= 0.3 is 11.9 Å². The second kappa shape index (κ2) is 32.8. The molecule has 0 unspecified atom stereocenters. The van der Waals surface area contributed by atoms with E-state index in [2.05, 4.69) is 4.74 Å². The molecule has 0 atom stereocenters. The fourth-order valence-corrected chi connectivity index (χ4v) is 2.44. The molecule has 0 aromatic rings. The molecule has 0 aliphatic heterocycles. The molecule has 0 saturated carbocycles. The van der Waals surface area contributed by atoms with Crippen LogP contribution in [0.3, 0.4) is 0 Å². The SMILES string of the molecule is COC(=O)COCCOCCOCCOCCOCCOCCOCCOCCOCCOCCOC(C)=O. The summed E-state index contributed by atoms with van der Waals surface area (Å²) in [6.45, 7) is 10.2. The smallest absolute Gasteiger partial charge is 0.331 e. The Balaban J connectivity index is 3.05. The van der Waals surface area contributed by atoms with Crippen LogP contribution in [0.5, 0.6) is 0 Å². The molecule has 0 fully saturated rings. The van der Waals surface area contributed by atoms with Crippen molar-refractivity contribution in [3.8, 4) is 0 Å². The normalized spacial score (nSPS) is 11.1. The lowest BCUT2D eigenvalue weighted by Gasteiger charge is -2.09. The van der Waals surface area contributed by atoms with E-state index in [1.807, 2.05) is 0 Å². The van der Waals surface area contributed by atoms with Crippen LogP contribution in [0.15, 0.2) is 0 Å². The van der Waals surface area contributed by atoms with Crippen LogP contribution in [0.2, 0.25) is 0 Å². The Bertz CT molecular complexity index is 523. The van der Waals surface area contributed by atoms with Gasteiger partial charge in [0, 0.05) is 6.92 Å². The first-order chi connectivity index (χ1) is 19.2. The predicted octanol–water partition coefficient (Wildman–Crippen LogP) is -0.111. The van der Waals surface area contributed by atoms with E-state index in [4.69, 9.17) is 52.1 Å². The summed E-state index contributed by atoms with van der Waals surface area (Å²) in [5.74, 6) is -0.725. The quantitative estimate of drug-likeness (QED) is 0.0780. The van der Waals surface area contributed by atoms with E-state index in [0.717, 1.165) is 0 Å². The Morgan fingerprint density at radius 2 is 0.615 bits per heavy atom. The first-order valence-corrected chi connectivity index (χ1v) is 13.1. The van der Waals surface area contributed by atoms with Crippen LogP contribution < -0.4 is 0 Å². The second-order valence-corrected chi connectivity index (χ2v) is 7.48. The third-order valence-electron chi connectivity index (χ3n) is 4.33. The van der Waals surface area contributed by atoms with E-state index in [0.29, 0.717) is 126 Å². The monoisotopic (exact) mass is 572 g/mol. The second-order valence-electron chi connectivity index (χ2n) is 7.48. The van der Waals surface area contributed by atoms with Gasteiger partial charge in [-0.25, -0.2) is 4.79 Å². The average Bonchev–Trinajstić information content (AvgIpc) is 2.93. The van der Waals surface area contributed by atoms with Gasteiger partial charge in [0.25, 0.3) is 0 Å². The number of carbonyl (C=O) groups excluding carboxylic acids is 2. The predicted molar refractivity (Wildman–Crippen MR) is 137 cm³/mol. The maximum absolute atomic E-state index is 10.8. The number of ether oxygens (including phenoxy) is 12. The van der Waals surface area contributed by atoms with Crippen molar-refractivity contribution in [1.82, 2.24) is 0 Å². The molecule has 0 rings (SSSR count). The molecule has 14 nitrogen and oxygen atoms in total. The van der Waals surface area contributed by atoms with Crippen LogP contribution >= 0.6 is 0 Å². The van der Waals surface area contributed by atoms with Gasteiger partial charge in [0.1, 0.15) is 13.2 Å². The molecule has 0 aromatic heterocycles. The standard InChI is InChI=1S/C25H48O14/c1-24(26)39-22-21-37-18-17-35-14-13-33-10-9-31-6-5-29-3-4-30-7-8-32-11-12-34-15-16-36-19-20-38-23-25(27)28-2/h3-23H2,1-2H3. The maximum atomic E-state index is 10.8. The summed E-state index contributed by atoms with van der Waals surface area (Å²) in [4.78, 5) is 21.4. The van der Waals surface area contributed by atoms with Gasteiger partial charge in [0.2, 0.25) is 0 Å². The van der Waals surface area contributed by atoms with Crippen molar-refractivity contribution < 1.29 is 66.4 Å². The zero-order valence-corrected chi connectivity index (χ0v) is 23.6. The van der Waals surface area contributed by atoms with Gasteiger partial charge in [-0.05, 0) is 0 Å². The van der Waals surface area contributed by atoms with Gasteiger partial charge < -0.3 is 56.8 Å². The minimum Gasteiger partial charge on any atom is -0.467 e. The minimum atomic E-state index is -0.410. The minimum absolute atomic E-state index is 0.0726. The molecule has 0 amide bonds. The highest BCUT2D eigenvalue weighted by Gasteiger charge is 1.99. The fourth-order valence-electron chi connectivity index (χ4n) is 2.44. The van der Waals surface area contributed by atoms with E-state index in [1.54, 1.807) is 0 Å². The molecule has 0 bridgehead atoms. The van der Waals surface area contributed by atoms with Crippen molar-refractivity contribution in [3.05, 3.63) is 0 Å². The van der Waals surface area contributed by atoms with Crippen LogP contribution in [0.1, 0.15) is 6.92 Å². The highest BCUT2D eigenvalue weighted by atomic mass is 16.6. The van der Waals surface area contributed by atoms with Crippen molar-refractivity contribution in [2.45, 2.75) is 6.92 Å². The van der Waals surface area contributed by atoms with Crippen LogP contribution in [0.25, 0.3) is 0 Å². The molecule has 0 saturated heterocycles. The highest BCUT2D eigenvalue weighted by molar-refractivity contribution is 5.70. The topological polar surface area (TPSA) is 145 Å². The van der Waals surface area contributed by atoms with Crippen LogP contribution in [-0.4, -0.2) is 158 Å². The Hall–Kier alpha value is -1.46. The van der Waals surface area contributed by atoms with Gasteiger partial charge in [-0.15, -0.1) is 0 Å². The number of carbonyl (C=O) groups is 2. The van der Waals surface area contributed by atoms with Gasteiger partial charge in [-0.3, -0.25) is 4.79 Å². The third-order valence-corrected chi connectivity index (χ3v) is 4.33. The molecule has 232 valence electrons. The van der Waals surface area contributed by atoms with Gasteiger partial charge in [-0.1, -0.05) is 0 Å². The Kier molecular flexibility index (Phi) is 31.5. The summed E-state index contributed by atoms with van der Waals surface area (Å²) < 4.78 is 62.6. The van der Waals surface area contributed by atoms with Crippen molar-refractivity contribution in [2.75, 3.05) is 146 Å². The van der Waals surface area contributed by atoms with Crippen molar-refractivity contribution in [2.24, 2.45) is 0 Å². The molecule has 14 heteroatoms. The molecule has 0 heterocycles. The van der Waals surface area contributed by atoms with Crippen LogP contribution in [0.4, 0.5) is 0 Å². The largest absolute Gasteiger partial charge is 0.467 e. The summed E-state index contributed by atoms with van der Waals surface area (Å²) in [6, 6.07) is 0. The van der Waals surface area contributed by atoms with E-state index in [9.17, 15) is 9.59 Å². The summed E-state index contributed by atoms with van der Waals surface area (Å²) in [6.07, 6.45) is 0. The molecule has 0 N–H and O–H groups in total. The van der Waals surface area contributed by atoms with E-state index in [-0.39, 0.29) is 19.2 Å². The van der Waals surface area contributed by atoms with E-state index >= 15 is 0 Å². The summed E-state index contributed by atoms with van der Waals surface area (Å²) in [5, 5.41) is 0. The number of methoxy groups -OCH3 is 1. The number of hydrogen-bond acceptors (Lipinski definition) is 14. The maximum Gasteiger partial charge on any atom is 0.331 e. The summed E-state index contributed by atoms with van der Waals surface area (Å²) >= 11 is 0. The zero-order valence-electron chi connectivity index (χ0n) is 23.6. The third kappa shape index (κ3) is 34.5. The van der Waals surface area contributed by atoms with Gasteiger partial charge in [0.05, 0.1) is 133 Å². The lowest BCUT2D eigenvalue weighted by Crippen LogP contribution is -2.16. The molecular formula is C25H48O14. The fraction of sp³-hybridized carbons (Fsp3) is 0.920. The molecular weight excluding hydrogens is 524 g/mol. The van der Waals surface area contributed by atoms with Crippen LogP contribution in [-0.2, 0) is 66.4 Å². The lowest BCUT2D eigenvalue weighted by atomic mass is 10.6. The first kappa shape index (κ1) is 37.5. The molecule has 0 aliphatic rings. The highest BCUT2D eigenvalue weighted by Crippen LogP contribution is 1.87. The lowest BCUT2D eigenvalue weighted by molar-refractivity contribution is -0.146. The van der Waals surface area contributed by atoms with Gasteiger partial charge in [0.15, 0.2) is 0 Å². The number of rotatable bonds is 32. The van der Waals surface area contributed by atoms with Gasteiger partial charge in [-0.2, -0.15) is 0 Å². The van der Waals surface area contributed by atoms with E-state index < -0.39 is 5.97 Å². The molecule has 0 aromatic carbocycles. The van der Waals surface area contributed by atoms with Crippen molar-refractivity contribution in [1.29, 1.82) is 0 Å². The Labute approximate surface area is 231 Å². The molecule has 0 spiro atoms.